The van der Waals surface area contributed by atoms with Crippen molar-refractivity contribution in [2.75, 3.05) is 7.11 Å². The Bertz CT molecular complexity index is 304. The van der Waals surface area contributed by atoms with Crippen molar-refractivity contribution in [3.63, 3.8) is 0 Å². The monoisotopic (exact) mass is 162 g/mol. The Morgan fingerprint density at radius 2 is 2.33 bits per heavy atom. The summed E-state index contributed by atoms with van der Waals surface area (Å²) >= 11 is 0. The van der Waals surface area contributed by atoms with E-state index < -0.39 is 0 Å². The second-order valence-electron chi connectivity index (χ2n) is 2.46. The second kappa shape index (κ2) is 3.72. The summed E-state index contributed by atoms with van der Waals surface area (Å²) in [6.07, 6.45) is 3.31. The highest BCUT2D eigenvalue weighted by Gasteiger charge is 2.08. The Balaban J connectivity index is 2.95. The van der Waals surface area contributed by atoms with Crippen molar-refractivity contribution in [2.45, 2.75) is 13.0 Å². The Kier molecular flexibility index (Phi) is 2.65. The molecule has 62 valence electrons. The van der Waals surface area contributed by atoms with Crippen LogP contribution in [0.3, 0.4) is 0 Å². The van der Waals surface area contributed by atoms with E-state index in [-0.39, 0.29) is 6.04 Å². The van der Waals surface area contributed by atoms with Crippen LogP contribution in [0.5, 0.6) is 5.75 Å². The van der Waals surface area contributed by atoms with Gasteiger partial charge in [0.2, 0.25) is 6.04 Å². The van der Waals surface area contributed by atoms with Crippen molar-refractivity contribution in [3.8, 4) is 5.75 Å². The van der Waals surface area contributed by atoms with E-state index in [9.17, 15) is 0 Å². The summed E-state index contributed by atoms with van der Waals surface area (Å²) in [5.41, 5.74) is 0.893. The minimum absolute atomic E-state index is 0.146. The van der Waals surface area contributed by atoms with E-state index in [1.165, 1.54) is 0 Å². The third kappa shape index (κ3) is 1.73. The molecule has 1 rings (SSSR count). The lowest BCUT2D eigenvalue weighted by Gasteiger charge is -2.01. The van der Waals surface area contributed by atoms with Crippen LogP contribution in [0.15, 0.2) is 18.5 Å². The molecule has 1 aromatic heterocycles. The van der Waals surface area contributed by atoms with E-state index in [2.05, 4.69) is 9.83 Å². The highest BCUT2D eigenvalue weighted by Crippen LogP contribution is 2.19. The molecule has 3 heteroatoms. The first-order chi connectivity index (χ1) is 5.77. The maximum absolute atomic E-state index is 6.83. The van der Waals surface area contributed by atoms with Crippen LogP contribution in [0, 0.1) is 6.57 Å². The highest BCUT2D eigenvalue weighted by molar-refractivity contribution is 5.26. The van der Waals surface area contributed by atoms with Gasteiger partial charge in [0.25, 0.3) is 0 Å². The first-order valence-corrected chi connectivity index (χ1v) is 3.63. The summed E-state index contributed by atoms with van der Waals surface area (Å²) in [6, 6.07) is 1.68. The zero-order valence-corrected chi connectivity index (χ0v) is 7.11. The van der Waals surface area contributed by atoms with E-state index in [4.69, 9.17) is 11.3 Å². The molecular formula is C9H10N2O. The molecule has 1 heterocycles. The lowest BCUT2D eigenvalue weighted by molar-refractivity contribution is 0.412. The summed E-state index contributed by atoms with van der Waals surface area (Å²) < 4.78 is 4.98. The highest BCUT2D eigenvalue weighted by atomic mass is 16.5. The average molecular weight is 162 g/mol. The van der Waals surface area contributed by atoms with Crippen LogP contribution in [-0.4, -0.2) is 12.1 Å². The van der Waals surface area contributed by atoms with Crippen LogP contribution in [0.4, 0.5) is 0 Å². The maximum atomic E-state index is 6.83. The predicted molar refractivity (Wildman–Crippen MR) is 45.8 cm³/mol. The Hall–Kier alpha value is -1.56. The summed E-state index contributed by atoms with van der Waals surface area (Å²) in [5.74, 6) is 0.697. The largest absolute Gasteiger partial charge is 0.495 e. The molecule has 1 atom stereocenters. The van der Waals surface area contributed by atoms with Crippen LogP contribution >= 0.6 is 0 Å². The first kappa shape index (κ1) is 8.54. The minimum atomic E-state index is -0.146. The number of methoxy groups -OCH3 is 1. The molecule has 0 spiro atoms. The van der Waals surface area contributed by atoms with Gasteiger partial charge in [0.15, 0.2) is 0 Å². The van der Waals surface area contributed by atoms with Crippen LogP contribution in [0.1, 0.15) is 18.5 Å². The predicted octanol–water partition coefficient (Wildman–Crippen LogP) is 2.07. The van der Waals surface area contributed by atoms with E-state index >= 15 is 0 Å². The molecule has 0 saturated heterocycles. The normalized spacial score (nSPS) is 11.8. The van der Waals surface area contributed by atoms with Crippen molar-refractivity contribution < 1.29 is 4.74 Å². The molecule has 3 nitrogen and oxygen atoms in total. The van der Waals surface area contributed by atoms with Crippen molar-refractivity contribution in [3.05, 3.63) is 35.4 Å². The summed E-state index contributed by atoms with van der Waals surface area (Å²) in [4.78, 5) is 7.34. The third-order valence-electron chi connectivity index (χ3n) is 1.65. The van der Waals surface area contributed by atoms with Gasteiger partial charge >= 0.3 is 0 Å². The SMILES string of the molecule is [C-]#[N+]C(C)c1cncc(OC)c1. The van der Waals surface area contributed by atoms with E-state index in [0.29, 0.717) is 5.75 Å². The minimum Gasteiger partial charge on any atom is -0.495 e. The van der Waals surface area contributed by atoms with Crippen molar-refractivity contribution in [1.82, 2.24) is 4.98 Å². The molecule has 0 aromatic carbocycles. The average Bonchev–Trinajstić information content (AvgIpc) is 2.17. The number of hydrogen-bond donors (Lipinski definition) is 0. The lowest BCUT2D eigenvalue weighted by Crippen LogP contribution is -1.90. The molecule has 0 amide bonds. The molecule has 0 aliphatic heterocycles. The smallest absolute Gasteiger partial charge is 0.247 e. The second-order valence-corrected chi connectivity index (χ2v) is 2.46. The number of aromatic nitrogens is 1. The summed E-state index contributed by atoms with van der Waals surface area (Å²) in [5, 5.41) is 0. The molecule has 0 aliphatic rings. The lowest BCUT2D eigenvalue weighted by atomic mass is 10.1. The molecular weight excluding hydrogens is 152 g/mol. The fraction of sp³-hybridized carbons (Fsp3) is 0.333. The fourth-order valence-electron chi connectivity index (χ4n) is 0.850. The topological polar surface area (TPSA) is 26.5 Å². The van der Waals surface area contributed by atoms with E-state index in [1.54, 1.807) is 19.5 Å². The van der Waals surface area contributed by atoms with Gasteiger partial charge in [-0.1, -0.05) is 0 Å². The van der Waals surface area contributed by atoms with Gasteiger partial charge < -0.3 is 9.58 Å². The van der Waals surface area contributed by atoms with E-state index in [1.807, 2.05) is 13.0 Å². The number of ether oxygens (including phenoxy) is 1. The zero-order valence-electron chi connectivity index (χ0n) is 7.11. The Morgan fingerprint density at radius 1 is 1.58 bits per heavy atom. The maximum Gasteiger partial charge on any atom is 0.247 e. The zero-order chi connectivity index (χ0) is 8.97. The molecule has 12 heavy (non-hydrogen) atoms. The quantitative estimate of drug-likeness (QED) is 0.622. The van der Waals surface area contributed by atoms with Crippen LogP contribution in [0.2, 0.25) is 0 Å². The fourth-order valence-corrected chi connectivity index (χ4v) is 0.850. The first-order valence-electron chi connectivity index (χ1n) is 3.63. The third-order valence-corrected chi connectivity index (χ3v) is 1.65. The standard InChI is InChI=1S/C9H10N2O/c1-7(10-2)8-4-9(12-3)6-11-5-8/h4-7H,1,3H3. The Labute approximate surface area is 71.8 Å². The van der Waals surface area contributed by atoms with Crippen molar-refractivity contribution >= 4 is 0 Å². The summed E-state index contributed by atoms with van der Waals surface area (Å²) in [6.45, 7) is 8.67. The molecule has 0 N–H and O–H groups in total. The molecule has 1 unspecified atom stereocenters. The van der Waals surface area contributed by atoms with Gasteiger partial charge in [-0.3, -0.25) is 4.98 Å². The summed E-state index contributed by atoms with van der Waals surface area (Å²) in [7, 11) is 1.59. The van der Waals surface area contributed by atoms with Gasteiger partial charge in [0.1, 0.15) is 5.75 Å². The van der Waals surface area contributed by atoms with E-state index in [0.717, 1.165) is 5.56 Å². The molecule has 0 saturated carbocycles. The van der Waals surface area contributed by atoms with Crippen LogP contribution in [-0.2, 0) is 0 Å². The number of hydrogen-bond acceptors (Lipinski definition) is 2. The van der Waals surface area contributed by atoms with Gasteiger partial charge in [-0.15, -0.1) is 0 Å². The van der Waals surface area contributed by atoms with Crippen LogP contribution < -0.4 is 4.74 Å². The van der Waals surface area contributed by atoms with Gasteiger partial charge in [0, 0.05) is 13.1 Å². The Morgan fingerprint density at radius 3 is 2.92 bits per heavy atom. The molecule has 0 bridgehead atoms. The number of nitrogens with zero attached hydrogens (tertiary/aromatic N) is 2. The number of pyridine rings is 1. The van der Waals surface area contributed by atoms with Crippen LogP contribution in [0.25, 0.3) is 4.85 Å². The van der Waals surface area contributed by atoms with Crippen molar-refractivity contribution in [1.29, 1.82) is 0 Å². The van der Waals surface area contributed by atoms with Gasteiger partial charge in [-0.05, 0) is 6.07 Å². The number of rotatable bonds is 2. The molecule has 0 fully saturated rings. The van der Waals surface area contributed by atoms with Gasteiger partial charge in [0.05, 0.1) is 18.9 Å². The van der Waals surface area contributed by atoms with Gasteiger partial charge in [-0.2, -0.15) is 0 Å². The van der Waals surface area contributed by atoms with Gasteiger partial charge in [-0.25, -0.2) is 6.57 Å². The molecule has 0 aliphatic carbocycles. The molecule has 1 aromatic rings. The molecule has 0 radical (unpaired) electrons. The van der Waals surface area contributed by atoms with Crippen molar-refractivity contribution in [2.24, 2.45) is 0 Å².